The third-order valence-electron chi connectivity index (χ3n) is 3.61. The molecule has 1 atom stereocenters. The Kier molecular flexibility index (Phi) is 6.28. The van der Waals surface area contributed by atoms with Gasteiger partial charge in [0.15, 0.2) is 0 Å². The van der Waals surface area contributed by atoms with Crippen LogP contribution in [0.25, 0.3) is 0 Å². The molecule has 1 rings (SSSR count). The van der Waals surface area contributed by atoms with Gasteiger partial charge in [-0.15, -0.1) is 6.58 Å². The summed E-state index contributed by atoms with van der Waals surface area (Å²) < 4.78 is 0. The van der Waals surface area contributed by atoms with Gasteiger partial charge in [-0.3, -0.25) is 0 Å². The van der Waals surface area contributed by atoms with Gasteiger partial charge in [0.25, 0.3) is 0 Å². The van der Waals surface area contributed by atoms with Gasteiger partial charge in [-0.05, 0) is 46.7 Å². The first kappa shape index (κ1) is 17.6. The normalized spacial score (nSPS) is 13.0. The van der Waals surface area contributed by atoms with E-state index in [2.05, 4.69) is 57.5 Å². The second-order valence-electron chi connectivity index (χ2n) is 6.49. The van der Waals surface area contributed by atoms with Gasteiger partial charge in [-0.2, -0.15) is 0 Å². The van der Waals surface area contributed by atoms with Crippen molar-refractivity contribution in [1.29, 1.82) is 0 Å². The van der Waals surface area contributed by atoms with E-state index in [4.69, 9.17) is 0 Å². The third-order valence-corrected chi connectivity index (χ3v) is 3.61. The van der Waals surface area contributed by atoms with Crippen molar-refractivity contribution in [2.45, 2.75) is 52.6 Å². The van der Waals surface area contributed by atoms with Gasteiger partial charge in [0.1, 0.15) is 5.75 Å². The van der Waals surface area contributed by atoms with Crippen molar-refractivity contribution in [3.63, 3.8) is 0 Å². The first-order chi connectivity index (χ1) is 9.81. The SMILES string of the molecule is C=CCN(c1ccc(C(C)NCCC)c(O)c1)C(C)(C)C. The summed E-state index contributed by atoms with van der Waals surface area (Å²) in [7, 11) is 0. The predicted octanol–water partition coefficient (Wildman–Crippen LogP) is 4.24. The second-order valence-corrected chi connectivity index (χ2v) is 6.49. The van der Waals surface area contributed by atoms with Gasteiger partial charge in [-0.25, -0.2) is 0 Å². The smallest absolute Gasteiger partial charge is 0.122 e. The molecule has 118 valence electrons. The Balaban J connectivity index is 3.02. The van der Waals surface area contributed by atoms with Crippen LogP contribution in [0.1, 0.15) is 52.6 Å². The lowest BCUT2D eigenvalue weighted by atomic mass is 10.0. The van der Waals surface area contributed by atoms with Crippen LogP contribution in [-0.4, -0.2) is 23.7 Å². The van der Waals surface area contributed by atoms with Gasteiger partial charge in [0.05, 0.1) is 0 Å². The third kappa shape index (κ3) is 4.78. The summed E-state index contributed by atoms with van der Waals surface area (Å²) in [6, 6.07) is 6.10. The minimum Gasteiger partial charge on any atom is -0.508 e. The van der Waals surface area contributed by atoms with E-state index in [9.17, 15) is 5.11 Å². The number of hydrogen-bond donors (Lipinski definition) is 2. The maximum atomic E-state index is 10.4. The molecule has 3 nitrogen and oxygen atoms in total. The number of benzene rings is 1. The van der Waals surface area contributed by atoms with E-state index >= 15 is 0 Å². The maximum absolute atomic E-state index is 10.4. The van der Waals surface area contributed by atoms with E-state index in [-0.39, 0.29) is 11.6 Å². The highest BCUT2D eigenvalue weighted by Crippen LogP contribution is 2.32. The predicted molar refractivity (Wildman–Crippen MR) is 92.1 cm³/mol. The molecule has 0 aliphatic rings. The van der Waals surface area contributed by atoms with Crippen molar-refractivity contribution < 1.29 is 5.11 Å². The van der Waals surface area contributed by atoms with E-state index in [1.54, 1.807) is 0 Å². The molecule has 0 bridgehead atoms. The zero-order valence-corrected chi connectivity index (χ0v) is 14.1. The molecule has 0 saturated heterocycles. The fourth-order valence-corrected chi connectivity index (χ4v) is 2.43. The molecule has 0 heterocycles. The summed E-state index contributed by atoms with van der Waals surface area (Å²) >= 11 is 0. The number of hydrogen-bond acceptors (Lipinski definition) is 3. The zero-order chi connectivity index (χ0) is 16.0. The molecule has 0 radical (unpaired) electrons. The number of phenolic OH excluding ortho intramolecular Hbond substituents is 1. The Morgan fingerprint density at radius 3 is 2.52 bits per heavy atom. The minimum absolute atomic E-state index is 0.0196. The lowest BCUT2D eigenvalue weighted by molar-refractivity contribution is 0.451. The lowest BCUT2D eigenvalue weighted by Gasteiger charge is -2.37. The molecule has 0 fully saturated rings. The van der Waals surface area contributed by atoms with Gasteiger partial charge in [-0.1, -0.05) is 19.1 Å². The van der Waals surface area contributed by atoms with Crippen molar-refractivity contribution in [2.24, 2.45) is 0 Å². The molecular weight excluding hydrogens is 260 g/mol. The topological polar surface area (TPSA) is 35.5 Å². The summed E-state index contributed by atoms with van der Waals surface area (Å²) in [5, 5.41) is 13.8. The molecule has 1 unspecified atom stereocenters. The molecule has 0 saturated carbocycles. The van der Waals surface area contributed by atoms with Crippen LogP contribution < -0.4 is 10.2 Å². The fourth-order valence-electron chi connectivity index (χ4n) is 2.43. The van der Waals surface area contributed by atoms with Crippen LogP contribution in [0.4, 0.5) is 5.69 Å². The highest BCUT2D eigenvalue weighted by Gasteiger charge is 2.21. The summed E-state index contributed by atoms with van der Waals surface area (Å²) in [6.45, 7) is 16.2. The van der Waals surface area contributed by atoms with E-state index in [1.807, 2.05) is 18.2 Å². The Bertz CT molecular complexity index is 463. The van der Waals surface area contributed by atoms with Gasteiger partial charge in [0, 0.05) is 35.4 Å². The van der Waals surface area contributed by atoms with Crippen LogP contribution in [-0.2, 0) is 0 Å². The van der Waals surface area contributed by atoms with Crippen LogP contribution in [0.3, 0.4) is 0 Å². The van der Waals surface area contributed by atoms with Gasteiger partial charge >= 0.3 is 0 Å². The van der Waals surface area contributed by atoms with Crippen molar-refractivity contribution in [3.8, 4) is 5.75 Å². The average Bonchev–Trinajstić information content (AvgIpc) is 2.40. The first-order valence-corrected chi connectivity index (χ1v) is 7.76. The second kappa shape index (κ2) is 7.51. The Hall–Kier alpha value is -1.48. The number of anilines is 1. The quantitative estimate of drug-likeness (QED) is 0.737. The summed E-state index contributed by atoms with van der Waals surface area (Å²) in [5.41, 5.74) is 1.94. The minimum atomic E-state index is -0.0196. The van der Waals surface area contributed by atoms with Crippen LogP contribution in [0.15, 0.2) is 30.9 Å². The van der Waals surface area contributed by atoms with E-state index in [1.165, 1.54) is 0 Å². The van der Waals surface area contributed by atoms with Crippen molar-refractivity contribution >= 4 is 5.69 Å². The summed E-state index contributed by atoms with van der Waals surface area (Å²) in [4.78, 5) is 2.23. The lowest BCUT2D eigenvalue weighted by Crippen LogP contribution is -2.41. The Labute approximate surface area is 129 Å². The van der Waals surface area contributed by atoms with E-state index in [0.717, 1.165) is 30.8 Å². The van der Waals surface area contributed by atoms with Crippen molar-refractivity contribution in [1.82, 2.24) is 5.32 Å². The molecule has 1 aromatic carbocycles. The molecule has 0 aromatic heterocycles. The number of phenols is 1. The molecule has 0 spiro atoms. The molecule has 1 aromatic rings. The Morgan fingerprint density at radius 2 is 2.05 bits per heavy atom. The molecule has 0 aliphatic heterocycles. The van der Waals surface area contributed by atoms with Gasteiger partial charge < -0.3 is 15.3 Å². The highest BCUT2D eigenvalue weighted by atomic mass is 16.3. The molecule has 21 heavy (non-hydrogen) atoms. The average molecular weight is 290 g/mol. The summed E-state index contributed by atoms with van der Waals surface area (Å²) in [6.07, 6.45) is 2.97. The molecule has 0 amide bonds. The molecule has 0 aliphatic carbocycles. The fraction of sp³-hybridized carbons (Fsp3) is 0.556. The van der Waals surface area contributed by atoms with Crippen molar-refractivity contribution in [3.05, 3.63) is 36.4 Å². The number of nitrogens with one attached hydrogen (secondary N) is 1. The van der Waals surface area contributed by atoms with Crippen molar-refractivity contribution in [2.75, 3.05) is 18.0 Å². The number of aromatic hydroxyl groups is 1. The van der Waals surface area contributed by atoms with Crippen LogP contribution >= 0.6 is 0 Å². The monoisotopic (exact) mass is 290 g/mol. The summed E-state index contributed by atoms with van der Waals surface area (Å²) in [5.74, 6) is 0.349. The Morgan fingerprint density at radius 1 is 1.38 bits per heavy atom. The maximum Gasteiger partial charge on any atom is 0.122 e. The largest absolute Gasteiger partial charge is 0.508 e. The molecular formula is C18H30N2O. The first-order valence-electron chi connectivity index (χ1n) is 7.76. The zero-order valence-electron chi connectivity index (χ0n) is 14.1. The standard InChI is InChI=1S/C18H30N2O/c1-7-11-19-14(3)16-10-9-15(13-17(16)21)20(12-8-2)18(4,5)6/h8-10,13-14,19,21H,2,7,11-12H2,1,3-6H3. The number of rotatable bonds is 7. The van der Waals surface area contributed by atoms with E-state index in [0.29, 0.717) is 5.75 Å². The number of nitrogens with zero attached hydrogens (tertiary/aromatic N) is 1. The molecule has 2 N–H and O–H groups in total. The van der Waals surface area contributed by atoms with E-state index < -0.39 is 0 Å². The van der Waals surface area contributed by atoms with Crippen LogP contribution in [0.5, 0.6) is 5.75 Å². The highest BCUT2D eigenvalue weighted by molar-refractivity contribution is 5.55. The van der Waals surface area contributed by atoms with Gasteiger partial charge in [0.2, 0.25) is 0 Å². The van der Waals surface area contributed by atoms with Crippen LogP contribution in [0, 0.1) is 0 Å². The van der Waals surface area contributed by atoms with Crippen LogP contribution in [0.2, 0.25) is 0 Å². The molecule has 3 heteroatoms.